The van der Waals surface area contributed by atoms with Gasteiger partial charge < -0.3 is 9.16 Å². The summed E-state index contributed by atoms with van der Waals surface area (Å²) in [5.74, 6) is 0. The molecule has 0 aliphatic carbocycles. The summed E-state index contributed by atoms with van der Waals surface area (Å²) in [5, 5.41) is 0. The zero-order chi connectivity index (χ0) is 9.23. The zero-order valence-corrected chi connectivity index (χ0v) is 10.1. The minimum absolute atomic E-state index is 0.0820. The number of hydrogen-bond acceptors (Lipinski definition) is 2. The van der Waals surface area contributed by atoms with Crippen molar-refractivity contribution in [1.29, 1.82) is 0 Å². The Morgan fingerprint density at radius 3 is 2.50 bits per heavy atom. The SMILES string of the molecule is CCCC[SiH2]OC(CCC)OC. The largest absolute Gasteiger partial charge is 0.400 e. The van der Waals surface area contributed by atoms with E-state index in [2.05, 4.69) is 13.8 Å². The van der Waals surface area contributed by atoms with Crippen LogP contribution in [0, 0.1) is 0 Å². The van der Waals surface area contributed by atoms with E-state index in [1.54, 1.807) is 7.11 Å². The Bertz CT molecular complexity index is 88.6. The fraction of sp³-hybridized carbons (Fsp3) is 1.00. The van der Waals surface area contributed by atoms with Gasteiger partial charge in [0.05, 0.1) is 0 Å². The van der Waals surface area contributed by atoms with Crippen molar-refractivity contribution < 1.29 is 9.16 Å². The second-order valence-corrected chi connectivity index (χ2v) is 4.48. The third-order valence-corrected chi connectivity index (χ3v) is 3.24. The maximum atomic E-state index is 5.65. The van der Waals surface area contributed by atoms with Gasteiger partial charge in [0.1, 0.15) is 6.29 Å². The van der Waals surface area contributed by atoms with Gasteiger partial charge in [-0.25, -0.2) is 0 Å². The molecule has 0 radical (unpaired) electrons. The average molecular weight is 190 g/mol. The topological polar surface area (TPSA) is 18.5 Å². The molecule has 3 heteroatoms. The first-order valence-electron chi connectivity index (χ1n) is 4.99. The van der Waals surface area contributed by atoms with E-state index >= 15 is 0 Å². The van der Waals surface area contributed by atoms with Crippen LogP contribution in [0.1, 0.15) is 39.5 Å². The third kappa shape index (κ3) is 6.82. The predicted octanol–water partition coefficient (Wildman–Crippen LogP) is 2.08. The molecule has 1 atom stereocenters. The van der Waals surface area contributed by atoms with E-state index in [4.69, 9.17) is 9.16 Å². The van der Waals surface area contributed by atoms with E-state index in [0.29, 0.717) is 0 Å². The molecule has 0 rings (SSSR count). The van der Waals surface area contributed by atoms with Crippen LogP contribution in [0.3, 0.4) is 0 Å². The minimum atomic E-state index is -0.303. The summed E-state index contributed by atoms with van der Waals surface area (Å²) in [4.78, 5) is 0. The lowest BCUT2D eigenvalue weighted by Crippen LogP contribution is -2.17. The smallest absolute Gasteiger partial charge is 0.165 e. The molecule has 0 N–H and O–H groups in total. The molecule has 0 saturated carbocycles. The lowest BCUT2D eigenvalue weighted by atomic mass is 10.3. The summed E-state index contributed by atoms with van der Waals surface area (Å²) in [5.41, 5.74) is 0. The molecular weight excluding hydrogens is 168 g/mol. The highest BCUT2D eigenvalue weighted by atomic mass is 28.2. The molecular formula is C9H22O2Si. The van der Waals surface area contributed by atoms with Crippen molar-refractivity contribution in [2.24, 2.45) is 0 Å². The molecule has 0 heterocycles. The standard InChI is InChI=1S/C9H22O2Si/c1-4-6-8-12-11-9(10-3)7-5-2/h9H,4-8,12H2,1-3H3. The van der Waals surface area contributed by atoms with Gasteiger partial charge in [-0.05, 0) is 12.5 Å². The quantitative estimate of drug-likeness (QED) is 0.331. The highest BCUT2D eigenvalue weighted by Crippen LogP contribution is 2.03. The van der Waals surface area contributed by atoms with Crippen LogP contribution in [0.2, 0.25) is 6.04 Å². The molecule has 0 saturated heterocycles. The zero-order valence-electron chi connectivity index (χ0n) is 8.64. The molecule has 0 amide bonds. The number of hydrogen-bond donors (Lipinski definition) is 0. The highest BCUT2D eigenvalue weighted by Gasteiger charge is 2.04. The monoisotopic (exact) mass is 190 g/mol. The number of rotatable bonds is 8. The summed E-state index contributed by atoms with van der Waals surface area (Å²) < 4.78 is 10.8. The van der Waals surface area contributed by atoms with Gasteiger partial charge in [-0.2, -0.15) is 0 Å². The van der Waals surface area contributed by atoms with Gasteiger partial charge in [-0.15, -0.1) is 0 Å². The Hall–Kier alpha value is 0.137. The van der Waals surface area contributed by atoms with Crippen molar-refractivity contribution in [3.63, 3.8) is 0 Å². The van der Waals surface area contributed by atoms with E-state index in [1.807, 2.05) is 0 Å². The van der Waals surface area contributed by atoms with Crippen molar-refractivity contribution >= 4 is 9.76 Å². The van der Waals surface area contributed by atoms with Gasteiger partial charge in [0.15, 0.2) is 9.76 Å². The molecule has 0 fully saturated rings. The Labute approximate surface area is 78.6 Å². The molecule has 0 aromatic carbocycles. The Balaban J connectivity index is 3.19. The molecule has 0 spiro atoms. The molecule has 12 heavy (non-hydrogen) atoms. The lowest BCUT2D eigenvalue weighted by Gasteiger charge is -2.15. The molecule has 1 unspecified atom stereocenters. The van der Waals surface area contributed by atoms with Crippen LogP contribution in [0.4, 0.5) is 0 Å². The van der Waals surface area contributed by atoms with Crippen LogP contribution in [0.15, 0.2) is 0 Å². The fourth-order valence-electron chi connectivity index (χ4n) is 1.07. The summed E-state index contributed by atoms with van der Waals surface area (Å²) in [6.45, 7) is 4.37. The summed E-state index contributed by atoms with van der Waals surface area (Å²) in [6, 6.07) is 1.29. The van der Waals surface area contributed by atoms with E-state index in [1.165, 1.54) is 18.9 Å². The maximum absolute atomic E-state index is 5.65. The van der Waals surface area contributed by atoms with Crippen molar-refractivity contribution in [1.82, 2.24) is 0 Å². The van der Waals surface area contributed by atoms with Crippen LogP contribution in [0.5, 0.6) is 0 Å². The maximum Gasteiger partial charge on any atom is 0.165 e. The van der Waals surface area contributed by atoms with E-state index in [9.17, 15) is 0 Å². The van der Waals surface area contributed by atoms with Gasteiger partial charge in [0.25, 0.3) is 0 Å². The third-order valence-electron chi connectivity index (χ3n) is 1.84. The average Bonchev–Trinajstić information content (AvgIpc) is 2.10. The molecule has 0 bridgehead atoms. The van der Waals surface area contributed by atoms with E-state index in [-0.39, 0.29) is 16.1 Å². The second kappa shape index (κ2) is 9.23. The van der Waals surface area contributed by atoms with E-state index in [0.717, 1.165) is 12.8 Å². The Kier molecular flexibility index (Phi) is 9.33. The van der Waals surface area contributed by atoms with Crippen LogP contribution >= 0.6 is 0 Å². The number of methoxy groups -OCH3 is 1. The lowest BCUT2D eigenvalue weighted by molar-refractivity contribution is -0.0576. The van der Waals surface area contributed by atoms with Crippen molar-refractivity contribution in [3.8, 4) is 0 Å². The van der Waals surface area contributed by atoms with Gasteiger partial charge in [-0.1, -0.05) is 33.1 Å². The normalized spacial score (nSPS) is 14.2. The molecule has 0 aliphatic heterocycles. The van der Waals surface area contributed by atoms with Crippen LogP contribution in [-0.2, 0) is 9.16 Å². The minimum Gasteiger partial charge on any atom is -0.400 e. The van der Waals surface area contributed by atoms with Crippen LogP contribution in [-0.4, -0.2) is 23.2 Å². The predicted molar refractivity (Wildman–Crippen MR) is 55.0 cm³/mol. The molecule has 0 aromatic rings. The number of unbranched alkanes of at least 4 members (excludes halogenated alkanes) is 1. The molecule has 0 aromatic heterocycles. The molecule has 0 aliphatic rings. The first-order chi connectivity index (χ1) is 5.85. The van der Waals surface area contributed by atoms with Gasteiger partial charge in [0.2, 0.25) is 0 Å². The fourth-order valence-corrected chi connectivity index (χ4v) is 2.51. The van der Waals surface area contributed by atoms with Gasteiger partial charge in [0, 0.05) is 7.11 Å². The number of ether oxygens (including phenoxy) is 1. The van der Waals surface area contributed by atoms with Gasteiger partial charge in [-0.3, -0.25) is 0 Å². The van der Waals surface area contributed by atoms with Gasteiger partial charge >= 0.3 is 0 Å². The van der Waals surface area contributed by atoms with E-state index < -0.39 is 0 Å². The highest BCUT2D eigenvalue weighted by molar-refractivity contribution is 6.27. The van der Waals surface area contributed by atoms with Crippen LogP contribution < -0.4 is 0 Å². The van der Waals surface area contributed by atoms with Crippen molar-refractivity contribution in [3.05, 3.63) is 0 Å². The first kappa shape index (κ1) is 12.1. The second-order valence-electron chi connectivity index (χ2n) is 3.03. The molecule has 2 nitrogen and oxygen atoms in total. The Morgan fingerprint density at radius 2 is 2.00 bits per heavy atom. The summed E-state index contributed by atoms with van der Waals surface area (Å²) in [7, 11) is 1.43. The molecule has 74 valence electrons. The summed E-state index contributed by atoms with van der Waals surface area (Å²) >= 11 is 0. The van der Waals surface area contributed by atoms with Crippen LogP contribution in [0.25, 0.3) is 0 Å². The summed E-state index contributed by atoms with van der Waals surface area (Å²) in [6.07, 6.45) is 4.85. The van der Waals surface area contributed by atoms with Crippen molar-refractivity contribution in [2.45, 2.75) is 51.9 Å². The first-order valence-corrected chi connectivity index (χ1v) is 6.57. The van der Waals surface area contributed by atoms with Crippen molar-refractivity contribution in [2.75, 3.05) is 7.11 Å². The Morgan fingerprint density at radius 1 is 1.25 bits per heavy atom.